The summed E-state index contributed by atoms with van der Waals surface area (Å²) in [5.41, 5.74) is 17.0. The summed E-state index contributed by atoms with van der Waals surface area (Å²) in [6, 6.07) is 13.7. The molecule has 31 heavy (non-hydrogen) atoms. The van der Waals surface area contributed by atoms with Crippen LogP contribution in [0.3, 0.4) is 0 Å². The van der Waals surface area contributed by atoms with Crippen LogP contribution in [0.25, 0.3) is 28.0 Å². The van der Waals surface area contributed by atoms with Crippen LogP contribution in [-0.2, 0) is 6.54 Å². The average molecular weight is 412 g/mol. The molecule has 7 heteroatoms. The number of nitrogens with two attached hydrogens (primary N) is 2. The SMILES string of the molecule is NC(=O)c1cccc2c1N(CCCCn1cnc3c(N)nc4ccccc4c31)CC=C2. The van der Waals surface area contributed by atoms with Gasteiger partial charge in [-0.3, -0.25) is 4.79 Å². The fraction of sp³-hybridized carbons (Fsp3) is 0.208. The van der Waals surface area contributed by atoms with Crippen molar-refractivity contribution in [3.8, 4) is 0 Å². The van der Waals surface area contributed by atoms with E-state index in [1.54, 1.807) is 6.07 Å². The van der Waals surface area contributed by atoms with E-state index in [-0.39, 0.29) is 5.91 Å². The van der Waals surface area contributed by atoms with Crippen LogP contribution in [-0.4, -0.2) is 33.5 Å². The molecule has 0 fully saturated rings. The van der Waals surface area contributed by atoms with Gasteiger partial charge in [-0.25, -0.2) is 9.97 Å². The minimum absolute atomic E-state index is 0.389. The second kappa shape index (κ2) is 7.75. The topological polar surface area (TPSA) is 103 Å². The van der Waals surface area contributed by atoms with Gasteiger partial charge in [0.25, 0.3) is 5.91 Å². The summed E-state index contributed by atoms with van der Waals surface area (Å²) in [5, 5.41) is 1.06. The molecule has 0 bridgehead atoms. The van der Waals surface area contributed by atoms with Gasteiger partial charge in [0.15, 0.2) is 5.82 Å². The van der Waals surface area contributed by atoms with E-state index < -0.39 is 0 Å². The molecule has 1 aliphatic rings. The van der Waals surface area contributed by atoms with Crippen LogP contribution >= 0.6 is 0 Å². The number of rotatable bonds is 6. The highest BCUT2D eigenvalue weighted by atomic mass is 16.1. The molecule has 3 heterocycles. The molecular weight excluding hydrogens is 388 g/mol. The highest BCUT2D eigenvalue weighted by Crippen LogP contribution is 2.30. The number of para-hydroxylation sites is 2. The first-order valence-electron chi connectivity index (χ1n) is 10.5. The number of hydrogen-bond donors (Lipinski definition) is 2. The number of primary amides is 1. The van der Waals surface area contributed by atoms with Crippen molar-refractivity contribution in [1.29, 1.82) is 0 Å². The zero-order valence-corrected chi connectivity index (χ0v) is 17.2. The zero-order valence-electron chi connectivity index (χ0n) is 17.2. The molecule has 7 nitrogen and oxygen atoms in total. The number of carbonyl (C=O) groups excluding carboxylic acids is 1. The number of amides is 1. The lowest BCUT2D eigenvalue weighted by Crippen LogP contribution is -2.30. The van der Waals surface area contributed by atoms with E-state index in [0.29, 0.717) is 11.4 Å². The van der Waals surface area contributed by atoms with Crippen molar-refractivity contribution in [3.05, 3.63) is 66.0 Å². The second-order valence-electron chi connectivity index (χ2n) is 7.81. The van der Waals surface area contributed by atoms with Gasteiger partial charge in [0.05, 0.1) is 28.6 Å². The summed E-state index contributed by atoms with van der Waals surface area (Å²) in [6.07, 6.45) is 7.96. The van der Waals surface area contributed by atoms with Crippen molar-refractivity contribution >= 4 is 45.4 Å². The molecule has 0 unspecified atom stereocenters. The summed E-state index contributed by atoms with van der Waals surface area (Å²) in [4.78, 5) is 23.1. The number of benzene rings is 2. The number of anilines is 2. The van der Waals surface area contributed by atoms with Gasteiger partial charge < -0.3 is 20.9 Å². The highest BCUT2D eigenvalue weighted by molar-refractivity contribution is 6.06. The molecule has 1 aliphatic heterocycles. The van der Waals surface area contributed by atoms with Crippen LogP contribution in [0.4, 0.5) is 11.5 Å². The maximum Gasteiger partial charge on any atom is 0.250 e. The molecule has 0 saturated heterocycles. The molecule has 0 saturated carbocycles. The molecule has 1 amide bonds. The first-order valence-corrected chi connectivity index (χ1v) is 10.5. The Balaban J connectivity index is 1.33. The number of hydrogen-bond acceptors (Lipinski definition) is 5. The van der Waals surface area contributed by atoms with Gasteiger partial charge in [-0.05, 0) is 30.5 Å². The van der Waals surface area contributed by atoms with Crippen LogP contribution in [0.15, 0.2) is 54.9 Å². The van der Waals surface area contributed by atoms with Crippen molar-refractivity contribution in [1.82, 2.24) is 14.5 Å². The fourth-order valence-corrected chi connectivity index (χ4v) is 4.41. The van der Waals surface area contributed by atoms with Crippen molar-refractivity contribution < 1.29 is 4.79 Å². The summed E-state index contributed by atoms with van der Waals surface area (Å²) in [6.45, 7) is 2.45. The Morgan fingerprint density at radius 2 is 1.90 bits per heavy atom. The lowest BCUT2D eigenvalue weighted by Gasteiger charge is -2.29. The molecule has 4 aromatic rings. The number of carbonyl (C=O) groups is 1. The maximum absolute atomic E-state index is 11.9. The zero-order chi connectivity index (χ0) is 21.4. The molecule has 5 rings (SSSR count). The number of aromatic nitrogens is 3. The van der Waals surface area contributed by atoms with Crippen molar-refractivity contribution in [3.63, 3.8) is 0 Å². The van der Waals surface area contributed by atoms with Crippen LogP contribution in [0, 0.1) is 0 Å². The molecule has 0 radical (unpaired) electrons. The van der Waals surface area contributed by atoms with Gasteiger partial charge in [0.1, 0.15) is 5.52 Å². The summed E-state index contributed by atoms with van der Waals surface area (Å²) in [7, 11) is 0. The van der Waals surface area contributed by atoms with E-state index in [4.69, 9.17) is 11.5 Å². The fourth-order valence-electron chi connectivity index (χ4n) is 4.41. The minimum Gasteiger partial charge on any atom is -0.382 e. The molecule has 156 valence electrons. The Bertz CT molecular complexity index is 1320. The monoisotopic (exact) mass is 412 g/mol. The first-order chi connectivity index (χ1) is 15.1. The number of unbranched alkanes of at least 4 members (excludes halogenated alkanes) is 1. The first kappa shape index (κ1) is 19.1. The normalized spacial score (nSPS) is 13.1. The number of fused-ring (bicyclic) bond motifs is 4. The van der Waals surface area contributed by atoms with Gasteiger partial charge >= 0.3 is 0 Å². The number of aryl methyl sites for hydroxylation is 1. The summed E-state index contributed by atoms with van der Waals surface area (Å²) < 4.78 is 2.16. The van der Waals surface area contributed by atoms with E-state index in [2.05, 4.69) is 37.7 Å². The van der Waals surface area contributed by atoms with Crippen LogP contribution in [0.2, 0.25) is 0 Å². The molecule has 2 aromatic carbocycles. The van der Waals surface area contributed by atoms with Gasteiger partial charge in [-0.2, -0.15) is 0 Å². The standard InChI is InChI=1S/C24H24N6O/c25-23-20-22(17-9-1-2-11-19(17)28-23)30(15-27-20)13-4-3-12-29-14-6-8-16-7-5-10-18(21(16)29)24(26)31/h1-2,5-11,15H,3-4,12-14H2,(H2,25,28)(H2,26,31). The summed E-state index contributed by atoms with van der Waals surface area (Å²) >= 11 is 0. The average Bonchev–Trinajstić information content (AvgIpc) is 3.21. The molecule has 0 aliphatic carbocycles. The lowest BCUT2D eigenvalue weighted by atomic mass is 10.0. The van der Waals surface area contributed by atoms with Crippen molar-refractivity contribution in [2.24, 2.45) is 5.73 Å². The minimum atomic E-state index is -0.389. The highest BCUT2D eigenvalue weighted by Gasteiger charge is 2.19. The van der Waals surface area contributed by atoms with E-state index >= 15 is 0 Å². The third kappa shape index (κ3) is 3.38. The van der Waals surface area contributed by atoms with Gasteiger partial charge in [0.2, 0.25) is 0 Å². The van der Waals surface area contributed by atoms with Gasteiger partial charge in [0, 0.05) is 25.0 Å². The molecule has 4 N–H and O–H groups in total. The van der Waals surface area contributed by atoms with Gasteiger partial charge in [-0.15, -0.1) is 0 Å². The molecule has 0 atom stereocenters. The van der Waals surface area contributed by atoms with E-state index in [1.165, 1.54) is 0 Å². The second-order valence-corrected chi connectivity index (χ2v) is 7.81. The third-order valence-electron chi connectivity index (χ3n) is 5.83. The van der Waals surface area contributed by atoms with Crippen molar-refractivity contribution in [2.45, 2.75) is 19.4 Å². The summed E-state index contributed by atoms with van der Waals surface area (Å²) in [5.74, 6) is 0.0725. The quantitative estimate of drug-likeness (QED) is 0.471. The predicted octanol–water partition coefficient (Wildman–Crippen LogP) is 3.58. The Hall–Kier alpha value is -3.87. The lowest BCUT2D eigenvalue weighted by molar-refractivity contribution is 0.100. The molecular formula is C24H24N6O. The van der Waals surface area contributed by atoms with Crippen LogP contribution in [0.1, 0.15) is 28.8 Å². The van der Waals surface area contributed by atoms with E-state index in [0.717, 1.165) is 65.7 Å². The maximum atomic E-state index is 11.9. The Morgan fingerprint density at radius 1 is 1.06 bits per heavy atom. The van der Waals surface area contributed by atoms with E-state index in [1.807, 2.05) is 36.7 Å². The van der Waals surface area contributed by atoms with E-state index in [9.17, 15) is 4.79 Å². The Labute approximate surface area is 180 Å². The number of nitrogens with zero attached hydrogens (tertiary/aromatic N) is 4. The Kier molecular flexibility index (Phi) is 4.78. The predicted molar refractivity (Wildman–Crippen MR) is 125 cm³/mol. The number of imidazole rings is 1. The number of pyridine rings is 1. The molecule has 2 aromatic heterocycles. The molecule has 0 spiro atoms. The van der Waals surface area contributed by atoms with Crippen LogP contribution in [0.5, 0.6) is 0 Å². The number of nitrogen functional groups attached to an aromatic ring is 1. The third-order valence-corrected chi connectivity index (χ3v) is 5.83. The largest absolute Gasteiger partial charge is 0.382 e. The Morgan fingerprint density at radius 3 is 2.77 bits per heavy atom. The van der Waals surface area contributed by atoms with Crippen molar-refractivity contribution in [2.75, 3.05) is 23.7 Å². The van der Waals surface area contributed by atoms with Gasteiger partial charge in [-0.1, -0.05) is 42.5 Å². The van der Waals surface area contributed by atoms with Crippen LogP contribution < -0.4 is 16.4 Å². The smallest absolute Gasteiger partial charge is 0.250 e.